The molecule has 0 aromatic heterocycles. The van der Waals surface area contributed by atoms with Crippen LogP contribution in [-0.2, 0) is 14.4 Å². The normalized spacial score (nSPS) is 18.6. The maximum Gasteiger partial charge on any atom is 0.353 e. The SMILES string of the molecule is CC(c1ccc(Cl)cc1)N(C)C(=O)C1CC(C(=O)O)=NO1. The lowest BCUT2D eigenvalue weighted by atomic mass is 10.1. The third-order valence-corrected chi connectivity index (χ3v) is 3.72. The van der Waals surface area contributed by atoms with E-state index in [1.54, 1.807) is 19.2 Å². The van der Waals surface area contributed by atoms with Crippen LogP contribution in [0.15, 0.2) is 29.4 Å². The second-order valence-electron chi connectivity index (χ2n) is 4.82. The Labute approximate surface area is 126 Å². The van der Waals surface area contributed by atoms with E-state index in [1.807, 2.05) is 19.1 Å². The topological polar surface area (TPSA) is 79.2 Å². The van der Waals surface area contributed by atoms with Gasteiger partial charge in [-0.3, -0.25) is 4.79 Å². The Balaban J connectivity index is 2.03. The summed E-state index contributed by atoms with van der Waals surface area (Å²) in [7, 11) is 1.64. The molecule has 0 bridgehead atoms. The molecule has 1 aliphatic rings. The van der Waals surface area contributed by atoms with Gasteiger partial charge in [-0.05, 0) is 24.6 Å². The molecule has 1 aliphatic heterocycles. The maximum atomic E-state index is 12.3. The van der Waals surface area contributed by atoms with Gasteiger partial charge < -0.3 is 14.8 Å². The summed E-state index contributed by atoms with van der Waals surface area (Å²) in [6.07, 6.45) is -0.901. The minimum atomic E-state index is -1.17. The van der Waals surface area contributed by atoms with Gasteiger partial charge in [0.1, 0.15) is 0 Å². The first-order valence-corrected chi connectivity index (χ1v) is 6.76. The van der Waals surface area contributed by atoms with Gasteiger partial charge in [0.25, 0.3) is 5.91 Å². The van der Waals surface area contributed by atoms with E-state index < -0.39 is 12.1 Å². The zero-order valence-electron chi connectivity index (χ0n) is 11.6. The van der Waals surface area contributed by atoms with Crippen LogP contribution >= 0.6 is 11.6 Å². The predicted molar refractivity (Wildman–Crippen MR) is 77.2 cm³/mol. The Morgan fingerprint density at radius 1 is 1.43 bits per heavy atom. The fraction of sp³-hybridized carbons (Fsp3) is 0.357. The minimum Gasteiger partial charge on any atom is -0.477 e. The first-order valence-electron chi connectivity index (χ1n) is 6.38. The number of carboxylic acids is 1. The number of amides is 1. The quantitative estimate of drug-likeness (QED) is 0.923. The van der Waals surface area contributed by atoms with E-state index in [9.17, 15) is 9.59 Å². The number of carboxylic acid groups (broad SMARTS) is 1. The van der Waals surface area contributed by atoms with Crippen LogP contribution in [-0.4, -0.2) is 40.7 Å². The van der Waals surface area contributed by atoms with Crippen molar-refractivity contribution < 1.29 is 19.5 Å². The number of halogens is 1. The van der Waals surface area contributed by atoms with Crippen molar-refractivity contribution in [2.75, 3.05) is 7.05 Å². The van der Waals surface area contributed by atoms with Crippen molar-refractivity contribution in [2.24, 2.45) is 5.16 Å². The predicted octanol–water partition coefficient (Wildman–Crippen LogP) is 2.09. The monoisotopic (exact) mass is 310 g/mol. The molecule has 0 aliphatic carbocycles. The summed E-state index contributed by atoms with van der Waals surface area (Å²) >= 11 is 5.84. The average molecular weight is 311 g/mol. The molecule has 7 heteroatoms. The lowest BCUT2D eigenvalue weighted by Gasteiger charge is -2.27. The van der Waals surface area contributed by atoms with Crippen molar-refractivity contribution in [3.05, 3.63) is 34.9 Å². The molecule has 21 heavy (non-hydrogen) atoms. The van der Waals surface area contributed by atoms with E-state index >= 15 is 0 Å². The van der Waals surface area contributed by atoms with Crippen LogP contribution in [0.2, 0.25) is 5.02 Å². The molecule has 0 saturated heterocycles. The van der Waals surface area contributed by atoms with Crippen LogP contribution in [0, 0.1) is 0 Å². The first-order chi connectivity index (χ1) is 9.90. The Morgan fingerprint density at radius 3 is 2.57 bits per heavy atom. The molecule has 6 nitrogen and oxygen atoms in total. The molecule has 1 N–H and O–H groups in total. The summed E-state index contributed by atoms with van der Waals surface area (Å²) < 4.78 is 0. The van der Waals surface area contributed by atoms with Gasteiger partial charge in [-0.25, -0.2) is 4.79 Å². The average Bonchev–Trinajstić information content (AvgIpc) is 2.96. The zero-order chi connectivity index (χ0) is 15.6. The number of oxime groups is 1. The van der Waals surface area contributed by atoms with Crippen molar-refractivity contribution in [3.63, 3.8) is 0 Å². The highest BCUT2D eigenvalue weighted by atomic mass is 35.5. The second-order valence-corrected chi connectivity index (χ2v) is 5.25. The fourth-order valence-corrected chi connectivity index (χ4v) is 2.15. The third kappa shape index (κ3) is 3.33. The summed E-state index contributed by atoms with van der Waals surface area (Å²) in [5.74, 6) is -1.48. The van der Waals surface area contributed by atoms with Crippen LogP contribution in [0.25, 0.3) is 0 Å². The molecule has 2 rings (SSSR count). The molecule has 0 fully saturated rings. The van der Waals surface area contributed by atoms with E-state index in [4.69, 9.17) is 21.5 Å². The summed E-state index contributed by atoms with van der Waals surface area (Å²) in [6, 6.07) is 7.00. The van der Waals surface area contributed by atoms with Crippen LogP contribution in [0.3, 0.4) is 0 Å². The summed E-state index contributed by atoms with van der Waals surface area (Å²) in [5, 5.41) is 12.9. The summed E-state index contributed by atoms with van der Waals surface area (Å²) in [4.78, 5) is 29.5. The van der Waals surface area contributed by atoms with Crippen molar-refractivity contribution in [2.45, 2.75) is 25.5 Å². The number of hydrogen-bond donors (Lipinski definition) is 1. The number of carbonyl (C=O) groups excluding carboxylic acids is 1. The Bertz CT molecular complexity index is 585. The molecular weight excluding hydrogens is 296 g/mol. The number of hydrogen-bond acceptors (Lipinski definition) is 4. The lowest BCUT2D eigenvalue weighted by molar-refractivity contribution is -0.142. The van der Waals surface area contributed by atoms with E-state index in [0.29, 0.717) is 5.02 Å². The number of rotatable bonds is 4. The van der Waals surface area contributed by atoms with Gasteiger partial charge in [0.05, 0.1) is 6.04 Å². The highest BCUT2D eigenvalue weighted by Crippen LogP contribution is 2.23. The Hall–Kier alpha value is -2.08. The van der Waals surface area contributed by atoms with Crippen molar-refractivity contribution in [1.29, 1.82) is 0 Å². The van der Waals surface area contributed by atoms with Gasteiger partial charge in [-0.2, -0.15) is 0 Å². The molecule has 1 amide bonds. The van der Waals surface area contributed by atoms with Gasteiger partial charge in [0.2, 0.25) is 6.10 Å². The van der Waals surface area contributed by atoms with Gasteiger partial charge in [-0.1, -0.05) is 28.9 Å². The molecule has 0 spiro atoms. The molecule has 1 aromatic carbocycles. The third-order valence-electron chi connectivity index (χ3n) is 3.47. The number of carbonyl (C=O) groups is 2. The number of nitrogens with zero attached hydrogens (tertiary/aromatic N) is 2. The first kappa shape index (κ1) is 15.3. The standard InChI is InChI=1S/C14H15ClN2O4/c1-8(9-3-5-10(15)6-4-9)17(2)13(18)12-7-11(14(19)20)16-21-12/h3-6,8,12H,7H2,1-2H3,(H,19,20). The van der Waals surface area contributed by atoms with Crippen molar-refractivity contribution in [3.8, 4) is 0 Å². The van der Waals surface area contributed by atoms with Crippen LogP contribution < -0.4 is 0 Å². The van der Waals surface area contributed by atoms with E-state index in [-0.39, 0.29) is 24.1 Å². The second kappa shape index (κ2) is 6.13. The van der Waals surface area contributed by atoms with E-state index in [2.05, 4.69) is 5.16 Å². The molecule has 0 radical (unpaired) electrons. The van der Waals surface area contributed by atoms with E-state index in [0.717, 1.165) is 5.56 Å². The zero-order valence-corrected chi connectivity index (χ0v) is 12.4. The fourth-order valence-electron chi connectivity index (χ4n) is 2.02. The Morgan fingerprint density at radius 2 is 2.05 bits per heavy atom. The Kier molecular flexibility index (Phi) is 4.47. The molecule has 1 aromatic rings. The highest BCUT2D eigenvalue weighted by Gasteiger charge is 2.34. The highest BCUT2D eigenvalue weighted by molar-refractivity contribution is 6.36. The van der Waals surface area contributed by atoms with E-state index in [1.165, 1.54) is 4.90 Å². The van der Waals surface area contributed by atoms with Crippen LogP contribution in [0.1, 0.15) is 24.9 Å². The molecular formula is C14H15ClN2O4. The summed E-state index contributed by atoms with van der Waals surface area (Å²) in [5.41, 5.74) is 0.786. The number of likely N-dealkylation sites (N-methyl/N-ethyl adjacent to an activating group) is 1. The molecule has 112 valence electrons. The number of benzene rings is 1. The van der Waals surface area contributed by atoms with Crippen molar-refractivity contribution in [1.82, 2.24) is 4.90 Å². The van der Waals surface area contributed by atoms with Gasteiger partial charge in [0, 0.05) is 18.5 Å². The maximum absolute atomic E-state index is 12.3. The minimum absolute atomic E-state index is 0.0220. The smallest absolute Gasteiger partial charge is 0.353 e. The molecule has 1 heterocycles. The molecule has 2 unspecified atom stereocenters. The van der Waals surface area contributed by atoms with Crippen LogP contribution in [0.4, 0.5) is 0 Å². The lowest BCUT2D eigenvalue weighted by Crippen LogP contribution is -2.38. The van der Waals surface area contributed by atoms with Gasteiger partial charge in [0.15, 0.2) is 5.71 Å². The number of aliphatic carboxylic acids is 1. The van der Waals surface area contributed by atoms with Crippen LogP contribution in [0.5, 0.6) is 0 Å². The summed E-state index contributed by atoms with van der Waals surface area (Å²) in [6.45, 7) is 1.87. The molecule has 0 saturated carbocycles. The largest absolute Gasteiger partial charge is 0.477 e. The van der Waals surface area contributed by atoms with Crippen molar-refractivity contribution >= 4 is 29.2 Å². The van der Waals surface area contributed by atoms with Gasteiger partial charge >= 0.3 is 5.97 Å². The molecule has 2 atom stereocenters. The van der Waals surface area contributed by atoms with Gasteiger partial charge in [-0.15, -0.1) is 0 Å².